The molecular formula is C19H17BrN2O3. The number of ether oxygens (including phenoxy) is 1. The van der Waals surface area contributed by atoms with Crippen LogP contribution in [0.2, 0.25) is 0 Å². The maximum absolute atomic E-state index is 12.4. The Kier molecular flexibility index (Phi) is 6.20. The zero-order valence-electron chi connectivity index (χ0n) is 13.8. The van der Waals surface area contributed by atoms with E-state index in [1.165, 1.54) is 13.2 Å². The summed E-state index contributed by atoms with van der Waals surface area (Å²) in [5.74, 6) is -0.265. The monoisotopic (exact) mass is 400 g/mol. The van der Waals surface area contributed by atoms with Crippen LogP contribution in [0, 0.1) is 11.3 Å². The number of halogens is 1. The Morgan fingerprint density at radius 1 is 1.36 bits per heavy atom. The molecule has 25 heavy (non-hydrogen) atoms. The van der Waals surface area contributed by atoms with Gasteiger partial charge in [-0.2, -0.15) is 5.26 Å². The molecule has 1 unspecified atom stereocenters. The number of benzene rings is 2. The molecule has 0 bridgehead atoms. The highest BCUT2D eigenvalue weighted by Gasteiger charge is 2.15. The Balaban J connectivity index is 2.24. The number of carbonyl (C=O) groups is 1. The first-order valence-corrected chi connectivity index (χ1v) is 8.29. The highest BCUT2D eigenvalue weighted by Crippen LogP contribution is 2.35. The minimum Gasteiger partial charge on any atom is -0.503 e. The Labute approximate surface area is 154 Å². The summed E-state index contributed by atoms with van der Waals surface area (Å²) in [7, 11) is 1.43. The molecule has 2 rings (SSSR count). The van der Waals surface area contributed by atoms with Gasteiger partial charge in [0.05, 0.1) is 17.6 Å². The third kappa shape index (κ3) is 4.61. The van der Waals surface area contributed by atoms with E-state index >= 15 is 0 Å². The standard InChI is InChI=1S/C19H17BrN2O3/c1-12(14-6-4-3-5-7-14)22-19(24)15(11-21)8-13-9-16(20)18(23)17(10-13)25-2/h3-10,12,23H,1-2H3,(H,22,24)/b15-8+. The van der Waals surface area contributed by atoms with Crippen LogP contribution in [-0.2, 0) is 4.79 Å². The van der Waals surface area contributed by atoms with Crippen LogP contribution in [0.4, 0.5) is 0 Å². The van der Waals surface area contributed by atoms with Crippen LogP contribution in [-0.4, -0.2) is 18.1 Å². The van der Waals surface area contributed by atoms with E-state index in [0.717, 1.165) is 5.56 Å². The van der Waals surface area contributed by atoms with Crippen molar-refractivity contribution in [1.29, 1.82) is 5.26 Å². The first-order valence-electron chi connectivity index (χ1n) is 7.50. The van der Waals surface area contributed by atoms with Gasteiger partial charge in [-0.05, 0) is 52.2 Å². The zero-order valence-corrected chi connectivity index (χ0v) is 15.4. The molecule has 1 atom stereocenters. The normalized spacial score (nSPS) is 12.2. The number of nitriles is 1. The van der Waals surface area contributed by atoms with Gasteiger partial charge in [0.1, 0.15) is 11.6 Å². The Hall–Kier alpha value is -2.78. The third-order valence-corrected chi connectivity index (χ3v) is 4.20. The average Bonchev–Trinajstić information content (AvgIpc) is 2.62. The number of aromatic hydroxyl groups is 1. The predicted octanol–water partition coefficient (Wildman–Crippen LogP) is 3.95. The summed E-state index contributed by atoms with van der Waals surface area (Å²) in [5, 5.41) is 22.0. The Morgan fingerprint density at radius 2 is 2.04 bits per heavy atom. The quantitative estimate of drug-likeness (QED) is 0.587. The topological polar surface area (TPSA) is 82.3 Å². The molecule has 5 nitrogen and oxygen atoms in total. The second-order valence-corrected chi connectivity index (χ2v) is 6.18. The molecule has 0 aliphatic rings. The summed E-state index contributed by atoms with van der Waals surface area (Å²) in [4.78, 5) is 12.4. The molecule has 128 valence electrons. The van der Waals surface area contributed by atoms with E-state index in [1.807, 2.05) is 43.3 Å². The molecule has 0 aromatic heterocycles. The zero-order chi connectivity index (χ0) is 18.4. The lowest BCUT2D eigenvalue weighted by molar-refractivity contribution is -0.117. The number of rotatable bonds is 5. The van der Waals surface area contributed by atoms with Gasteiger partial charge in [-0.3, -0.25) is 4.79 Å². The molecule has 2 N–H and O–H groups in total. The molecule has 0 saturated heterocycles. The number of phenolic OH excluding ortho intramolecular Hbond substituents is 1. The van der Waals surface area contributed by atoms with Gasteiger partial charge < -0.3 is 15.2 Å². The fourth-order valence-corrected chi connectivity index (χ4v) is 2.71. The van der Waals surface area contributed by atoms with Gasteiger partial charge in [-0.15, -0.1) is 0 Å². The molecule has 0 aliphatic carbocycles. The van der Waals surface area contributed by atoms with Gasteiger partial charge in [0.2, 0.25) is 0 Å². The van der Waals surface area contributed by atoms with E-state index in [9.17, 15) is 15.2 Å². The van der Waals surface area contributed by atoms with Gasteiger partial charge in [-0.25, -0.2) is 0 Å². The van der Waals surface area contributed by atoms with Crippen molar-refractivity contribution in [3.63, 3.8) is 0 Å². The smallest absolute Gasteiger partial charge is 0.262 e. The van der Waals surface area contributed by atoms with E-state index in [4.69, 9.17) is 4.74 Å². The summed E-state index contributed by atoms with van der Waals surface area (Å²) >= 11 is 3.21. The van der Waals surface area contributed by atoms with E-state index < -0.39 is 5.91 Å². The molecule has 1 amide bonds. The first kappa shape index (κ1) is 18.6. The number of amides is 1. The van der Waals surface area contributed by atoms with Gasteiger partial charge in [0.15, 0.2) is 11.5 Å². The highest BCUT2D eigenvalue weighted by molar-refractivity contribution is 9.10. The second kappa shape index (κ2) is 8.36. The van der Waals surface area contributed by atoms with Crippen molar-refractivity contribution in [2.24, 2.45) is 0 Å². The van der Waals surface area contributed by atoms with Gasteiger partial charge in [0, 0.05) is 0 Å². The van der Waals surface area contributed by atoms with Crippen LogP contribution in [0.1, 0.15) is 24.1 Å². The van der Waals surface area contributed by atoms with Crippen molar-refractivity contribution in [1.82, 2.24) is 5.32 Å². The van der Waals surface area contributed by atoms with Crippen molar-refractivity contribution in [3.8, 4) is 17.6 Å². The van der Waals surface area contributed by atoms with Crippen LogP contribution < -0.4 is 10.1 Å². The van der Waals surface area contributed by atoms with Gasteiger partial charge >= 0.3 is 0 Å². The molecule has 0 saturated carbocycles. The first-order chi connectivity index (χ1) is 12.0. The van der Waals surface area contributed by atoms with Crippen molar-refractivity contribution in [3.05, 3.63) is 63.6 Å². The molecule has 2 aromatic carbocycles. The SMILES string of the molecule is COc1cc(/C=C(\C#N)C(=O)NC(C)c2ccccc2)cc(Br)c1O. The lowest BCUT2D eigenvalue weighted by atomic mass is 10.1. The summed E-state index contributed by atoms with van der Waals surface area (Å²) in [6, 6.07) is 14.3. The Morgan fingerprint density at radius 3 is 2.64 bits per heavy atom. The minimum absolute atomic E-state index is 0.0394. The molecule has 2 aromatic rings. The van der Waals surface area contributed by atoms with Crippen LogP contribution in [0.5, 0.6) is 11.5 Å². The Bertz CT molecular complexity index is 842. The van der Waals surface area contributed by atoms with Crippen LogP contribution in [0.3, 0.4) is 0 Å². The number of hydrogen-bond acceptors (Lipinski definition) is 4. The number of hydrogen-bond donors (Lipinski definition) is 2. The summed E-state index contributed by atoms with van der Waals surface area (Å²) in [5.41, 5.74) is 1.46. The lowest BCUT2D eigenvalue weighted by Gasteiger charge is -2.14. The van der Waals surface area contributed by atoms with Gasteiger partial charge in [0.25, 0.3) is 5.91 Å². The molecule has 0 spiro atoms. The molecule has 6 heteroatoms. The largest absolute Gasteiger partial charge is 0.503 e. The van der Waals surface area contributed by atoms with Crippen molar-refractivity contribution >= 4 is 27.9 Å². The van der Waals surface area contributed by atoms with Crippen molar-refractivity contribution in [2.45, 2.75) is 13.0 Å². The van der Waals surface area contributed by atoms with E-state index in [-0.39, 0.29) is 23.1 Å². The second-order valence-electron chi connectivity index (χ2n) is 5.33. The summed E-state index contributed by atoms with van der Waals surface area (Å²) in [6.45, 7) is 1.85. The fraction of sp³-hybridized carbons (Fsp3) is 0.158. The molecule has 0 aliphatic heterocycles. The number of phenols is 1. The van der Waals surface area contributed by atoms with Crippen molar-refractivity contribution < 1.29 is 14.6 Å². The highest BCUT2D eigenvalue weighted by atomic mass is 79.9. The molecule has 0 radical (unpaired) electrons. The predicted molar refractivity (Wildman–Crippen MR) is 98.9 cm³/mol. The fourth-order valence-electron chi connectivity index (χ4n) is 2.25. The van der Waals surface area contributed by atoms with E-state index in [0.29, 0.717) is 10.0 Å². The van der Waals surface area contributed by atoms with E-state index in [2.05, 4.69) is 21.2 Å². The number of nitrogens with one attached hydrogen (secondary N) is 1. The number of nitrogens with zero attached hydrogens (tertiary/aromatic N) is 1. The van der Waals surface area contributed by atoms with E-state index in [1.54, 1.807) is 12.1 Å². The maximum atomic E-state index is 12.4. The summed E-state index contributed by atoms with van der Waals surface area (Å²) < 4.78 is 5.48. The number of methoxy groups -OCH3 is 1. The van der Waals surface area contributed by atoms with Crippen LogP contribution in [0.25, 0.3) is 6.08 Å². The van der Waals surface area contributed by atoms with Gasteiger partial charge in [-0.1, -0.05) is 30.3 Å². The molecule has 0 fully saturated rings. The van der Waals surface area contributed by atoms with Crippen LogP contribution in [0.15, 0.2) is 52.5 Å². The average molecular weight is 401 g/mol. The third-order valence-electron chi connectivity index (χ3n) is 3.59. The molecular weight excluding hydrogens is 384 g/mol. The number of carbonyl (C=O) groups excluding carboxylic acids is 1. The van der Waals surface area contributed by atoms with Crippen LogP contribution >= 0.6 is 15.9 Å². The molecule has 0 heterocycles. The van der Waals surface area contributed by atoms with Crippen molar-refractivity contribution in [2.75, 3.05) is 7.11 Å². The maximum Gasteiger partial charge on any atom is 0.262 e. The summed E-state index contributed by atoms with van der Waals surface area (Å²) in [6.07, 6.45) is 1.44. The minimum atomic E-state index is -0.470. The lowest BCUT2D eigenvalue weighted by Crippen LogP contribution is -2.27.